The highest BCUT2D eigenvalue weighted by molar-refractivity contribution is 5.93. The Labute approximate surface area is 141 Å². The molecule has 2 aromatic carbocycles. The van der Waals surface area contributed by atoms with Crippen molar-refractivity contribution in [3.05, 3.63) is 71.9 Å². The number of nitrogens with zero attached hydrogens (tertiary/aromatic N) is 1. The van der Waals surface area contributed by atoms with Crippen LogP contribution in [0.4, 0.5) is 5.69 Å². The molecule has 120 valence electrons. The first-order valence-electron chi connectivity index (χ1n) is 8.10. The Bertz CT molecular complexity index is 949. The molecule has 1 N–H and O–H groups in total. The minimum absolute atomic E-state index is 0.876. The molecule has 0 saturated carbocycles. The Balaban J connectivity index is 1.71. The quantitative estimate of drug-likeness (QED) is 0.757. The van der Waals surface area contributed by atoms with Crippen molar-refractivity contribution < 1.29 is 4.74 Å². The van der Waals surface area contributed by atoms with Crippen molar-refractivity contribution in [1.82, 2.24) is 4.98 Å². The van der Waals surface area contributed by atoms with Crippen molar-refractivity contribution in [2.24, 2.45) is 0 Å². The maximum atomic E-state index is 5.34. The minimum atomic E-state index is 0.876. The predicted octanol–water partition coefficient (Wildman–Crippen LogP) is 4.72. The highest BCUT2D eigenvalue weighted by Gasteiger charge is 2.13. The van der Waals surface area contributed by atoms with Gasteiger partial charge in [-0.15, -0.1) is 0 Å². The zero-order chi connectivity index (χ0) is 16.5. The van der Waals surface area contributed by atoms with Crippen molar-refractivity contribution in [2.45, 2.75) is 0 Å². The molecule has 2 heterocycles. The van der Waals surface area contributed by atoms with Crippen molar-refractivity contribution >= 4 is 28.2 Å². The first kappa shape index (κ1) is 14.6. The summed E-state index contributed by atoms with van der Waals surface area (Å²) in [6.07, 6.45) is 8.69. The van der Waals surface area contributed by atoms with Crippen LogP contribution in [0.1, 0.15) is 11.1 Å². The van der Waals surface area contributed by atoms with Crippen molar-refractivity contribution in [3.63, 3.8) is 0 Å². The number of aromatic nitrogens is 1. The predicted molar refractivity (Wildman–Crippen MR) is 102 cm³/mol. The number of allylic oxidation sites excluding steroid dienone is 2. The number of para-hydroxylation sites is 1. The molecule has 0 amide bonds. The summed E-state index contributed by atoms with van der Waals surface area (Å²) >= 11 is 0. The van der Waals surface area contributed by atoms with Crippen molar-refractivity contribution in [3.8, 4) is 5.75 Å². The Kier molecular flexibility index (Phi) is 3.62. The lowest BCUT2D eigenvalue weighted by atomic mass is 9.98. The van der Waals surface area contributed by atoms with Gasteiger partial charge in [-0.2, -0.15) is 0 Å². The molecule has 0 spiro atoms. The van der Waals surface area contributed by atoms with Gasteiger partial charge in [0.15, 0.2) is 0 Å². The number of ether oxygens (including phenoxy) is 1. The Hall–Kier alpha value is -2.94. The highest BCUT2D eigenvalue weighted by atomic mass is 16.5. The van der Waals surface area contributed by atoms with Gasteiger partial charge in [0.25, 0.3) is 0 Å². The normalized spacial score (nSPS) is 14.1. The molecule has 0 fully saturated rings. The van der Waals surface area contributed by atoms with Crippen LogP contribution < -0.4 is 9.64 Å². The van der Waals surface area contributed by atoms with Crippen LogP contribution in [0.2, 0.25) is 0 Å². The van der Waals surface area contributed by atoms with Gasteiger partial charge in [-0.3, -0.25) is 0 Å². The smallest absolute Gasteiger partial charge is 0.119 e. The van der Waals surface area contributed by atoms with Crippen LogP contribution in [-0.4, -0.2) is 25.7 Å². The van der Waals surface area contributed by atoms with Crippen molar-refractivity contribution in [2.75, 3.05) is 25.6 Å². The molecule has 0 saturated heterocycles. The van der Waals surface area contributed by atoms with Gasteiger partial charge < -0.3 is 14.6 Å². The van der Waals surface area contributed by atoms with Gasteiger partial charge >= 0.3 is 0 Å². The van der Waals surface area contributed by atoms with E-state index in [1.807, 2.05) is 12.3 Å². The second-order valence-electron chi connectivity index (χ2n) is 6.05. The van der Waals surface area contributed by atoms with E-state index in [2.05, 4.69) is 71.6 Å². The number of hydrogen-bond acceptors (Lipinski definition) is 2. The van der Waals surface area contributed by atoms with E-state index >= 15 is 0 Å². The number of H-pyrrole nitrogens is 1. The molecule has 24 heavy (non-hydrogen) atoms. The average Bonchev–Trinajstić information content (AvgIpc) is 3.03. The molecule has 3 nitrogen and oxygen atoms in total. The van der Waals surface area contributed by atoms with Crippen LogP contribution in [0.25, 0.3) is 22.6 Å². The molecule has 0 radical (unpaired) electrons. The average molecular weight is 316 g/mol. The summed E-state index contributed by atoms with van der Waals surface area (Å²) in [7, 11) is 3.82. The lowest BCUT2D eigenvalue weighted by Gasteiger charge is -2.26. The molecule has 3 aromatic rings. The van der Waals surface area contributed by atoms with Crippen molar-refractivity contribution in [1.29, 1.82) is 0 Å². The van der Waals surface area contributed by atoms with E-state index in [4.69, 9.17) is 4.74 Å². The van der Waals surface area contributed by atoms with Crippen LogP contribution in [0.3, 0.4) is 0 Å². The number of rotatable bonds is 3. The van der Waals surface area contributed by atoms with Gasteiger partial charge in [0.2, 0.25) is 0 Å². The van der Waals surface area contributed by atoms with Crippen LogP contribution in [0.15, 0.2) is 60.8 Å². The number of likely N-dealkylation sites (N-methyl/N-ethyl adjacent to an activating group) is 1. The van der Waals surface area contributed by atoms with E-state index in [9.17, 15) is 0 Å². The van der Waals surface area contributed by atoms with E-state index in [0.717, 1.165) is 17.8 Å². The molecule has 0 atom stereocenters. The second-order valence-corrected chi connectivity index (χ2v) is 6.05. The van der Waals surface area contributed by atoms with Crippen LogP contribution >= 0.6 is 0 Å². The molecule has 0 unspecified atom stereocenters. The summed E-state index contributed by atoms with van der Waals surface area (Å²) in [6.45, 7) is 0.929. The minimum Gasteiger partial charge on any atom is -0.497 e. The molecule has 3 heteroatoms. The van der Waals surface area contributed by atoms with Crippen LogP contribution in [-0.2, 0) is 0 Å². The SMILES string of the molecule is COc1ccc2[nH]cc(/C=C/C3=CCN(C)c4ccccc43)c2c1. The number of methoxy groups -OCH3 is 1. The third kappa shape index (κ3) is 2.48. The summed E-state index contributed by atoms with van der Waals surface area (Å²) < 4.78 is 5.34. The van der Waals surface area contributed by atoms with Gasteiger partial charge in [-0.25, -0.2) is 0 Å². The molecule has 4 rings (SSSR count). The van der Waals surface area contributed by atoms with E-state index in [1.54, 1.807) is 7.11 Å². The maximum Gasteiger partial charge on any atom is 0.119 e. The number of hydrogen-bond donors (Lipinski definition) is 1. The fourth-order valence-electron chi connectivity index (χ4n) is 3.22. The third-order valence-electron chi connectivity index (χ3n) is 4.57. The summed E-state index contributed by atoms with van der Waals surface area (Å²) in [5, 5.41) is 1.17. The molecule has 0 bridgehead atoms. The Morgan fingerprint density at radius 3 is 2.88 bits per heavy atom. The summed E-state index contributed by atoms with van der Waals surface area (Å²) in [6, 6.07) is 14.6. The molecule has 1 aliphatic rings. The summed E-state index contributed by atoms with van der Waals surface area (Å²) in [5.41, 5.74) is 6.11. The molecule has 1 aromatic heterocycles. The number of anilines is 1. The van der Waals surface area contributed by atoms with E-state index in [-0.39, 0.29) is 0 Å². The number of aromatic amines is 1. The Morgan fingerprint density at radius 2 is 2.00 bits per heavy atom. The largest absolute Gasteiger partial charge is 0.497 e. The lowest BCUT2D eigenvalue weighted by Crippen LogP contribution is -2.21. The zero-order valence-electron chi connectivity index (χ0n) is 13.9. The fourth-order valence-corrected chi connectivity index (χ4v) is 3.22. The third-order valence-corrected chi connectivity index (χ3v) is 4.57. The number of nitrogens with one attached hydrogen (secondary N) is 1. The van der Waals surface area contributed by atoms with E-state index in [0.29, 0.717) is 0 Å². The summed E-state index contributed by atoms with van der Waals surface area (Å²) in [4.78, 5) is 5.59. The molecular weight excluding hydrogens is 296 g/mol. The maximum absolute atomic E-state index is 5.34. The number of benzene rings is 2. The van der Waals surface area contributed by atoms with Gasteiger partial charge in [0.05, 0.1) is 7.11 Å². The second kappa shape index (κ2) is 5.93. The van der Waals surface area contributed by atoms with Gasteiger partial charge in [0.1, 0.15) is 5.75 Å². The van der Waals surface area contributed by atoms with Crippen LogP contribution in [0, 0.1) is 0 Å². The topological polar surface area (TPSA) is 28.3 Å². The van der Waals surface area contributed by atoms with Crippen LogP contribution in [0.5, 0.6) is 5.75 Å². The zero-order valence-corrected chi connectivity index (χ0v) is 13.9. The molecular formula is C21H20N2O. The van der Waals surface area contributed by atoms with E-state index in [1.165, 1.54) is 27.8 Å². The summed E-state index contributed by atoms with van der Waals surface area (Å²) in [5.74, 6) is 0.876. The molecule has 0 aliphatic carbocycles. The fraction of sp³-hybridized carbons (Fsp3) is 0.143. The highest BCUT2D eigenvalue weighted by Crippen LogP contribution is 2.32. The van der Waals surface area contributed by atoms with Gasteiger partial charge in [0, 0.05) is 41.9 Å². The van der Waals surface area contributed by atoms with E-state index < -0.39 is 0 Å². The lowest BCUT2D eigenvalue weighted by molar-refractivity contribution is 0.415. The standard InChI is InChI=1S/C21H20N2O/c1-23-12-11-15(18-5-3-4-6-21(18)23)7-8-16-14-22-20-10-9-17(24-2)13-19(16)20/h3-11,13-14,22H,12H2,1-2H3/b8-7+. The number of fused-ring (bicyclic) bond motifs is 2. The monoisotopic (exact) mass is 316 g/mol. The molecule has 1 aliphatic heterocycles. The Morgan fingerprint density at radius 1 is 1.12 bits per heavy atom. The first-order valence-corrected chi connectivity index (χ1v) is 8.10. The first-order chi connectivity index (χ1) is 11.8. The van der Waals surface area contributed by atoms with Gasteiger partial charge in [-0.05, 0) is 35.4 Å². The van der Waals surface area contributed by atoms with Gasteiger partial charge in [-0.1, -0.05) is 36.4 Å².